The monoisotopic (exact) mass is 399 g/mol. The first-order chi connectivity index (χ1) is 14.1. The maximum absolute atomic E-state index is 12.8. The highest BCUT2D eigenvalue weighted by molar-refractivity contribution is 6.00. The molecule has 1 unspecified atom stereocenters. The molecule has 0 radical (unpaired) electrons. The maximum Gasteiger partial charge on any atom is 0.328 e. The second-order valence-corrected chi connectivity index (χ2v) is 6.65. The number of methoxy groups -OCH3 is 1. The lowest BCUT2D eigenvalue weighted by Gasteiger charge is -2.21. The summed E-state index contributed by atoms with van der Waals surface area (Å²) in [5.41, 5.74) is 10.7. The average molecular weight is 399 g/mol. The molecule has 1 aliphatic carbocycles. The van der Waals surface area contributed by atoms with Gasteiger partial charge in [0.2, 0.25) is 0 Å². The van der Waals surface area contributed by atoms with Crippen LogP contribution in [0.4, 0.5) is 0 Å². The zero-order chi connectivity index (χ0) is 21.1. The summed E-state index contributed by atoms with van der Waals surface area (Å²) in [5.74, 6) is 0.746. The Labute approximate surface area is 172 Å². The Morgan fingerprint density at radius 2 is 1.97 bits per heavy atom. The molecule has 7 heteroatoms. The van der Waals surface area contributed by atoms with Crippen LogP contribution in [0.1, 0.15) is 49.9 Å². The zero-order valence-corrected chi connectivity index (χ0v) is 17.3. The number of rotatable bonds is 11. The fraction of sp³-hybridized carbons (Fsp3) is 0.455. The van der Waals surface area contributed by atoms with Gasteiger partial charge in [0.1, 0.15) is 11.5 Å². The van der Waals surface area contributed by atoms with E-state index in [1.54, 1.807) is 43.5 Å². The van der Waals surface area contributed by atoms with Gasteiger partial charge in [0.25, 0.3) is 5.91 Å². The first-order valence-electron chi connectivity index (χ1n) is 9.98. The smallest absolute Gasteiger partial charge is 0.328 e. The molecule has 1 N–H and O–H groups in total. The highest BCUT2D eigenvalue weighted by atomic mass is 16.5. The third kappa shape index (κ3) is 6.59. The van der Waals surface area contributed by atoms with E-state index < -0.39 is 6.10 Å². The van der Waals surface area contributed by atoms with Gasteiger partial charge in [-0.1, -0.05) is 32.8 Å². The summed E-state index contributed by atoms with van der Waals surface area (Å²) in [5, 5.41) is 2.89. The normalized spacial score (nSPS) is 15.8. The van der Waals surface area contributed by atoms with Gasteiger partial charge >= 0.3 is 5.71 Å². The van der Waals surface area contributed by atoms with Crippen LogP contribution in [0.25, 0.3) is 5.53 Å². The van der Waals surface area contributed by atoms with E-state index in [0.29, 0.717) is 41.7 Å². The van der Waals surface area contributed by atoms with E-state index in [9.17, 15) is 10.3 Å². The fourth-order valence-corrected chi connectivity index (χ4v) is 2.69. The molecule has 1 aromatic carbocycles. The molecule has 0 aromatic heterocycles. The van der Waals surface area contributed by atoms with Crippen LogP contribution in [-0.2, 0) is 9.47 Å². The van der Waals surface area contributed by atoms with Crippen LogP contribution in [0.3, 0.4) is 0 Å². The Kier molecular flexibility index (Phi) is 9.15. The predicted octanol–water partition coefficient (Wildman–Crippen LogP) is 3.88. The minimum Gasteiger partial charge on any atom is -0.497 e. The lowest BCUT2D eigenvalue weighted by atomic mass is 10.0. The second kappa shape index (κ2) is 11.8. The van der Waals surface area contributed by atoms with Crippen molar-refractivity contribution in [1.29, 1.82) is 0 Å². The Balaban J connectivity index is 2.24. The number of hydrogen-bond donors (Lipinski definition) is 1. The number of benzene rings is 1. The molecule has 0 spiro atoms. The SMILES string of the molecule is CCCCOC1=CC(=[N+]=[N-])C(OCCCC)C=C1NC(=O)c1cccc(OC)c1. The lowest BCUT2D eigenvalue weighted by molar-refractivity contribution is -0.0235. The number of carbonyl (C=O) groups excluding carboxylic acids is 1. The van der Waals surface area contributed by atoms with Gasteiger partial charge in [0.05, 0.1) is 25.5 Å². The number of hydrogen-bond acceptors (Lipinski definition) is 4. The van der Waals surface area contributed by atoms with E-state index >= 15 is 0 Å². The summed E-state index contributed by atoms with van der Waals surface area (Å²) < 4.78 is 16.8. The van der Waals surface area contributed by atoms with Gasteiger partial charge in [0, 0.05) is 12.2 Å². The molecule has 0 heterocycles. The fourth-order valence-electron chi connectivity index (χ4n) is 2.69. The molecule has 7 nitrogen and oxygen atoms in total. The Morgan fingerprint density at radius 3 is 2.66 bits per heavy atom. The van der Waals surface area contributed by atoms with Gasteiger partial charge in [-0.05, 0) is 37.1 Å². The summed E-state index contributed by atoms with van der Waals surface area (Å²) in [6.07, 6.45) is 6.48. The third-order valence-electron chi connectivity index (χ3n) is 4.40. The molecule has 1 amide bonds. The van der Waals surface area contributed by atoms with Crippen LogP contribution >= 0.6 is 0 Å². The van der Waals surface area contributed by atoms with Crippen LogP contribution in [0.15, 0.2) is 47.9 Å². The molecule has 1 aliphatic rings. The van der Waals surface area contributed by atoms with Crippen LogP contribution in [-0.4, -0.2) is 42.8 Å². The maximum atomic E-state index is 12.8. The Morgan fingerprint density at radius 1 is 1.21 bits per heavy atom. The van der Waals surface area contributed by atoms with Crippen molar-refractivity contribution in [2.75, 3.05) is 20.3 Å². The van der Waals surface area contributed by atoms with E-state index in [-0.39, 0.29) is 5.91 Å². The van der Waals surface area contributed by atoms with Crippen LogP contribution in [0.5, 0.6) is 5.75 Å². The molecule has 1 aromatic rings. The first-order valence-corrected chi connectivity index (χ1v) is 9.98. The molecule has 0 saturated heterocycles. The predicted molar refractivity (Wildman–Crippen MR) is 111 cm³/mol. The number of nitrogens with one attached hydrogen (secondary N) is 1. The van der Waals surface area contributed by atoms with Crippen molar-refractivity contribution >= 4 is 11.6 Å². The molecular weight excluding hydrogens is 370 g/mol. The average Bonchev–Trinajstić information content (AvgIpc) is 2.75. The number of carbonyl (C=O) groups is 1. The molecule has 0 bridgehead atoms. The minimum atomic E-state index is -0.564. The van der Waals surface area contributed by atoms with Crippen molar-refractivity contribution in [3.63, 3.8) is 0 Å². The van der Waals surface area contributed by atoms with Gasteiger partial charge in [-0.25, -0.2) is 0 Å². The van der Waals surface area contributed by atoms with E-state index in [1.165, 1.54) is 0 Å². The molecule has 0 saturated carbocycles. The standard InChI is InChI=1S/C22H29N3O4/c1-4-6-11-28-20-15-19(25-23)21(29-12-7-5-2)14-18(20)24-22(26)16-9-8-10-17(13-16)27-3/h8-10,13-15,21H,4-7,11-12H2,1-3H3,(H,24,26). The lowest BCUT2D eigenvalue weighted by Crippen LogP contribution is -2.33. The molecular formula is C22H29N3O4. The van der Waals surface area contributed by atoms with Crippen molar-refractivity contribution in [1.82, 2.24) is 5.32 Å². The van der Waals surface area contributed by atoms with E-state index in [4.69, 9.17) is 14.2 Å². The largest absolute Gasteiger partial charge is 0.497 e. The van der Waals surface area contributed by atoms with E-state index in [0.717, 1.165) is 25.7 Å². The quantitative estimate of drug-likeness (QED) is 0.347. The van der Waals surface area contributed by atoms with Gasteiger partial charge in [-0.2, -0.15) is 4.79 Å². The van der Waals surface area contributed by atoms with Crippen molar-refractivity contribution in [2.24, 2.45) is 0 Å². The van der Waals surface area contributed by atoms with Crippen molar-refractivity contribution in [3.8, 4) is 5.75 Å². The Bertz CT molecular complexity index is 810. The molecule has 156 valence electrons. The topological polar surface area (TPSA) is 93.2 Å². The van der Waals surface area contributed by atoms with Gasteiger partial charge in [0.15, 0.2) is 6.10 Å². The van der Waals surface area contributed by atoms with E-state index in [2.05, 4.69) is 24.0 Å². The van der Waals surface area contributed by atoms with Crippen molar-refractivity contribution in [2.45, 2.75) is 45.6 Å². The van der Waals surface area contributed by atoms with Crippen molar-refractivity contribution in [3.05, 3.63) is 59.0 Å². The molecule has 1 atom stereocenters. The molecule has 0 fully saturated rings. The number of ether oxygens (including phenoxy) is 3. The van der Waals surface area contributed by atoms with E-state index in [1.807, 2.05) is 0 Å². The summed E-state index contributed by atoms with van der Waals surface area (Å²) in [6.45, 7) is 5.15. The van der Waals surface area contributed by atoms with Crippen LogP contribution < -0.4 is 10.1 Å². The number of nitrogens with zero attached hydrogens (tertiary/aromatic N) is 2. The van der Waals surface area contributed by atoms with Crippen molar-refractivity contribution < 1.29 is 23.8 Å². The summed E-state index contributed by atoms with van der Waals surface area (Å²) in [4.78, 5) is 16.1. The minimum absolute atomic E-state index is 0.295. The highest BCUT2D eigenvalue weighted by Crippen LogP contribution is 2.20. The van der Waals surface area contributed by atoms with Crippen LogP contribution in [0.2, 0.25) is 0 Å². The highest BCUT2D eigenvalue weighted by Gasteiger charge is 2.29. The summed E-state index contributed by atoms with van der Waals surface area (Å²) in [6, 6.07) is 6.90. The first kappa shape index (κ1) is 22.4. The second-order valence-electron chi connectivity index (χ2n) is 6.65. The summed E-state index contributed by atoms with van der Waals surface area (Å²) in [7, 11) is 1.55. The van der Waals surface area contributed by atoms with Gasteiger partial charge in [-0.15, -0.1) is 0 Å². The Hall–Kier alpha value is -2.89. The third-order valence-corrected chi connectivity index (χ3v) is 4.40. The number of amides is 1. The van der Waals surface area contributed by atoms with Gasteiger partial charge < -0.3 is 25.1 Å². The van der Waals surface area contributed by atoms with Gasteiger partial charge in [-0.3, -0.25) is 4.79 Å². The summed E-state index contributed by atoms with van der Waals surface area (Å²) >= 11 is 0. The molecule has 29 heavy (non-hydrogen) atoms. The molecule has 2 rings (SSSR count). The zero-order valence-electron chi connectivity index (χ0n) is 17.3. The molecule has 0 aliphatic heterocycles. The number of unbranched alkanes of at least 4 members (excludes halogenated alkanes) is 2. The van der Waals surface area contributed by atoms with Crippen LogP contribution in [0, 0.1) is 0 Å².